The summed E-state index contributed by atoms with van der Waals surface area (Å²) in [5.74, 6) is 1.67. The fourth-order valence-electron chi connectivity index (χ4n) is 2.06. The first-order valence-corrected chi connectivity index (χ1v) is 6.87. The number of nitrogens with zero attached hydrogens (tertiary/aromatic N) is 4. The van der Waals surface area contributed by atoms with Gasteiger partial charge in [-0.15, -0.1) is 0 Å². The normalized spacial score (nSPS) is 12.6. The van der Waals surface area contributed by atoms with Gasteiger partial charge >= 0.3 is 0 Å². The summed E-state index contributed by atoms with van der Waals surface area (Å²) in [6, 6.07) is 0.512. The minimum atomic E-state index is 0.512. The highest BCUT2D eigenvalue weighted by Crippen LogP contribution is 2.15. The number of hydrogen-bond acceptors (Lipinski definition) is 5. The average Bonchev–Trinajstić information content (AvgIpc) is 2.35. The Labute approximate surface area is 117 Å². The van der Waals surface area contributed by atoms with Gasteiger partial charge in [0.2, 0.25) is 5.95 Å². The van der Waals surface area contributed by atoms with Crippen molar-refractivity contribution < 1.29 is 0 Å². The van der Waals surface area contributed by atoms with E-state index in [-0.39, 0.29) is 0 Å². The van der Waals surface area contributed by atoms with E-state index in [2.05, 4.69) is 41.2 Å². The van der Waals surface area contributed by atoms with E-state index in [0.717, 1.165) is 17.9 Å². The monoisotopic (exact) mass is 265 g/mol. The molecule has 5 heteroatoms. The van der Waals surface area contributed by atoms with Crippen LogP contribution in [0.5, 0.6) is 0 Å². The minimum Gasteiger partial charge on any atom is -0.362 e. The summed E-state index contributed by atoms with van der Waals surface area (Å²) < 4.78 is 0. The van der Waals surface area contributed by atoms with Gasteiger partial charge < -0.3 is 15.1 Å². The van der Waals surface area contributed by atoms with Gasteiger partial charge in [-0.25, -0.2) is 4.98 Å². The first-order chi connectivity index (χ1) is 8.95. The summed E-state index contributed by atoms with van der Waals surface area (Å²) in [7, 11) is 8.23. The molecule has 1 unspecified atom stereocenters. The summed E-state index contributed by atoms with van der Waals surface area (Å²) in [5, 5.41) is 3.34. The third kappa shape index (κ3) is 4.67. The third-order valence-electron chi connectivity index (χ3n) is 3.22. The quantitative estimate of drug-likeness (QED) is 0.817. The van der Waals surface area contributed by atoms with Crippen molar-refractivity contribution in [2.75, 3.05) is 45.0 Å². The molecule has 1 aromatic heterocycles. The van der Waals surface area contributed by atoms with Crippen LogP contribution in [0.25, 0.3) is 0 Å². The van der Waals surface area contributed by atoms with Gasteiger partial charge in [0.25, 0.3) is 0 Å². The molecular weight excluding hydrogens is 238 g/mol. The Morgan fingerprint density at radius 2 is 1.95 bits per heavy atom. The maximum absolute atomic E-state index is 4.55. The third-order valence-corrected chi connectivity index (χ3v) is 3.22. The zero-order chi connectivity index (χ0) is 14.4. The van der Waals surface area contributed by atoms with Crippen molar-refractivity contribution in [2.24, 2.45) is 0 Å². The second-order valence-corrected chi connectivity index (χ2v) is 5.38. The highest BCUT2D eigenvalue weighted by molar-refractivity contribution is 5.47. The maximum Gasteiger partial charge on any atom is 0.224 e. The molecular formula is C14H27N5. The van der Waals surface area contributed by atoms with Crippen molar-refractivity contribution in [1.82, 2.24) is 14.9 Å². The Morgan fingerprint density at radius 1 is 1.26 bits per heavy atom. The van der Waals surface area contributed by atoms with Crippen LogP contribution in [0, 0.1) is 6.92 Å². The highest BCUT2D eigenvalue weighted by Gasteiger charge is 2.11. The van der Waals surface area contributed by atoms with E-state index < -0.39 is 0 Å². The number of nitrogens with one attached hydrogen (secondary N) is 1. The second-order valence-electron chi connectivity index (χ2n) is 5.38. The summed E-state index contributed by atoms with van der Waals surface area (Å²) in [6.45, 7) is 5.11. The van der Waals surface area contributed by atoms with Gasteiger partial charge in [0.1, 0.15) is 5.82 Å². The fourth-order valence-corrected chi connectivity index (χ4v) is 2.06. The van der Waals surface area contributed by atoms with Crippen LogP contribution in [0.4, 0.5) is 11.8 Å². The lowest BCUT2D eigenvalue weighted by Gasteiger charge is -2.24. The molecule has 0 aliphatic rings. The number of likely N-dealkylation sites (N-methyl/N-ethyl adjacent to an activating group) is 1. The average molecular weight is 265 g/mol. The van der Waals surface area contributed by atoms with Crippen LogP contribution in [0.3, 0.4) is 0 Å². The minimum absolute atomic E-state index is 0.512. The molecule has 1 rings (SSSR count). The number of rotatable bonds is 7. The highest BCUT2D eigenvalue weighted by atomic mass is 15.2. The van der Waals surface area contributed by atoms with Gasteiger partial charge in [0, 0.05) is 38.4 Å². The first kappa shape index (κ1) is 15.7. The lowest BCUT2D eigenvalue weighted by Crippen LogP contribution is -2.34. The molecule has 0 saturated heterocycles. The molecule has 1 aromatic rings. The number of aromatic nitrogens is 2. The van der Waals surface area contributed by atoms with Crippen molar-refractivity contribution in [3.05, 3.63) is 11.8 Å². The van der Waals surface area contributed by atoms with Crippen molar-refractivity contribution in [3.8, 4) is 0 Å². The lowest BCUT2D eigenvalue weighted by molar-refractivity contribution is 0.288. The molecule has 5 nitrogen and oxygen atoms in total. The molecule has 1 N–H and O–H groups in total. The molecule has 0 aliphatic carbocycles. The first-order valence-electron chi connectivity index (χ1n) is 6.87. The molecule has 1 heterocycles. The summed E-state index contributed by atoms with van der Waals surface area (Å²) in [5.41, 5.74) is 1.09. The Balaban J connectivity index is 2.69. The van der Waals surface area contributed by atoms with Gasteiger partial charge in [-0.2, -0.15) is 4.98 Å². The van der Waals surface area contributed by atoms with E-state index in [1.54, 1.807) is 0 Å². The van der Waals surface area contributed by atoms with Crippen LogP contribution in [-0.2, 0) is 0 Å². The summed E-state index contributed by atoms with van der Waals surface area (Å²) >= 11 is 0. The predicted octanol–water partition coefficient (Wildman–Crippen LogP) is 1.99. The van der Waals surface area contributed by atoms with Crippen molar-refractivity contribution >= 4 is 11.8 Å². The SMILES string of the molecule is CCCC(CNc1ncc(C)c(N(C)C)n1)N(C)C. The van der Waals surface area contributed by atoms with Crippen LogP contribution < -0.4 is 10.2 Å². The predicted molar refractivity (Wildman–Crippen MR) is 82.0 cm³/mol. The Hall–Kier alpha value is -1.36. The Morgan fingerprint density at radius 3 is 2.47 bits per heavy atom. The van der Waals surface area contributed by atoms with Crippen molar-refractivity contribution in [1.29, 1.82) is 0 Å². The number of hydrogen-bond donors (Lipinski definition) is 1. The van der Waals surface area contributed by atoms with Crippen LogP contribution in [-0.4, -0.2) is 55.6 Å². The Kier molecular flexibility index (Phi) is 6.02. The van der Waals surface area contributed by atoms with Gasteiger partial charge in [0.05, 0.1) is 0 Å². The van der Waals surface area contributed by atoms with Crippen LogP contribution in [0.15, 0.2) is 6.20 Å². The Bertz CT molecular complexity index is 389. The van der Waals surface area contributed by atoms with Crippen LogP contribution >= 0.6 is 0 Å². The molecule has 0 bridgehead atoms. The van der Waals surface area contributed by atoms with Crippen molar-refractivity contribution in [2.45, 2.75) is 32.7 Å². The zero-order valence-corrected chi connectivity index (χ0v) is 13.1. The molecule has 0 saturated carbocycles. The molecule has 1 atom stereocenters. The number of anilines is 2. The second kappa shape index (κ2) is 7.28. The van der Waals surface area contributed by atoms with Gasteiger partial charge in [-0.1, -0.05) is 13.3 Å². The van der Waals surface area contributed by atoms with E-state index in [4.69, 9.17) is 0 Å². The smallest absolute Gasteiger partial charge is 0.224 e. The molecule has 0 radical (unpaired) electrons. The van der Waals surface area contributed by atoms with Gasteiger partial charge in [-0.05, 0) is 27.4 Å². The molecule has 0 spiro atoms. The fraction of sp³-hybridized carbons (Fsp3) is 0.714. The van der Waals surface area contributed by atoms with Gasteiger partial charge in [-0.3, -0.25) is 0 Å². The lowest BCUT2D eigenvalue weighted by atomic mass is 10.1. The zero-order valence-electron chi connectivity index (χ0n) is 13.1. The molecule has 0 aliphatic heterocycles. The van der Waals surface area contributed by atoms with Crippen LogP contribution in [0.1, 0.15) is 25.3 Å². The molecule has 0 fully saturated rings. The summed E-state index contributed by atoms with van der Waals surface area (Å²) in [4.78, 5) is 13.2. The standard InChI is InChI=1S/C14H27N5/c1-7-8-12(18(3)4)10-16-14-15-9-11(2)13(17-14)19(5)6/h9,12H,7-8,10H2,1-6H3,(H,15,16,17). The largest absolute Gasteiger partial charge is 0.362 e. The summed E-state index contributed by atoms with van der Waals surface area (Å²) in [6.07, 6.45) is 4.23. The van der Waals surface area contributed by atoms with Crippen LogP contribution in [0.2, 0.25) is 0 Å². The van der Waals surface area contributed by atoms with E-state index in [0.29, 0.717) is 12.0 Å². The topological polar surface area (TPSA) is 44.3 Å². The van der Waals surface area contributed by atoms with E-state index >= 15 is 0 Å². The van der Waals surface area contributed by atoms with E-state index in [9.17, 15) is 0 Å². The van der Waals surface area contributed by atoms with E-state index in [1.807, 2.05) is 32.1 Å². The van der Waals surface area contributed by atoms with Crippen molar-refractivity contribution in [3.63, 3.8) is 0 Å². The number of aryl methyl sites for hydroxylation is 1. The molecule has 108 valence electrons. The van der Waals surface area contributed by atoms with Gasteiger partial charge in [0.15, 0.2) is 0 Å². The molecule has 19 heavy (non-hydrogen) atoms. The molecule has 0 amide bonds. The maximum atomic E-state index is 4.55. The van der Waals surface area contributed by atoms with E-state index in [1.165, 1.54) is 12.8 Å². The molecule has 0 aromatic carbocycles.